The summed E-state index contributed by atoms with van der Waals surface area (Å²) in [5, 5.41) is 0. The maximum atomic E-state index is 12.4. The highest BCUT2D eigenvalue weighted by atomic mass is 32.2. The maximum Gasteiger partial charge on any atom is 0.216 e. The maximum absolute atomic E-state index is 12.4. The number of hydrogen-bond acceptors (Lipinski definition) is 4. The highest BCUT2D eigenvalue weighted by Gasteiger charge is 2.41. The van der Waals surface area contributed by atoms with Crippen LogP contribution in [0.4, 0.5) is 0 Å². The molecule has 0 aromatic rings. The molecule has 1 aliphatic carbocycles. The van der Waals surface area contributed by atoms with Crippen molar-refractivity contribution in [2.75, 3.05) is 26.0 Å². The molecule has 2 N–H and O–H groups in total. The van der Waals surface area contributed by atoms with Crippen molar-refractivity contribution in [2.24, 2.45) is 11.7 Å². The number of nitrogens with two attached hydrogens (primary N) is 1. The number of hydrogen-bond donors (Lipinski definition) is 1. The first kappa shape index (κ1) is 17.9. The molecule has 120 valence electrons. The standard InChI is InChI=1S/C14H30N2O3S/c1-12(2)19-9-10-20(17,18)16(4)14(11-15)7-5-13(3)6-8-14/h12-13H,5-11,15H2,1-4H3. The molecule has 0 heterocycles. The third-order valence-corrected chi connectivity index (χ3v) is 6.37. The van der Waals surface area contributed by atoms with Crippen molar-refractivity contribution in [3.63, 3.8) is 0 Å². The molecule has 0 unspecified atom stereocenters. The van der Waals surface area contributed by atoms with Crippen LogP contribution < -0.4 is 5.73 Å². The highest BCUT2D eigenvalue weighted by molar-refractivity contribution is 7.89. The van der Waals surface area contributed by atoms with Crippen molar-refractivity contribution in [3.8, 4) is 0 Å². The van der Waals surface area contributed by atoms with Gasteiger partial charge in [0.2, 0.25) is 10.0 Å². The van der Waals surface area contributed by atoms with Gasteiger partial charge >= 0.3 is 0 Å². The predicted octanol–water partition coefficient (Wildman–Crippen LogP) is 1.58. The molecular formula is C14H30N2O3S. The van der Waals surface area contributed by atoms with E-state index in [1.165, 1.54) is 4.31 Å². The smallest absolute Gasteiger partial charge is 0.216 e. The molecule has 0 bridgehead atoms. The van der Waals surface area contributed by atoms with Gasteiger partial charge in [-0.2, -0.15) is 4.31 Å². The monoisotopic (exact) mass is 306 g/mol. The van der Waals surface area contributed by atoms with Gasteiger partial charge in [0.25, 0.3) is 0 Å². The molecule has 1 saturated carbocycles. The zero-order valence-electron chi connectivity index (χ0n) is 13.3. The van der Waals surface area contributed by atoms with Gasteiger partial charge in [-0.1, -0.05) is 6.92 Å². The lowest BCUT2D eigenvalue weighted by Gasteiger charge is -2.44. The second-order valence-corrected chi connectivity index (χ2v) is 8.43. The van der Waals surface area contributed by atoms with Crippen LogP contribution in [-0.2, 0) is 14.8 Å². The van der Waals surface area contributed by atoms with Gasteiger partial charge in [0, 0.05) is 19.1 Å². The average molecular weight is 306 g/mol. The van der Waals surface area contributed by atoms with Gasteiger partial charge in [0.05, 0.1) is 18.5 Å². The summed E-state index contributed by atoms with van der Waals surface area (Å²) in [5.74, 6) is 0.689. The van der Waals surface area contributed by atoms with E-state index in [0.29, 0.717) is 12.5 Å². The van der Waals surface area contributed by atoms with E-state index in [1.54, 1.807) is 7.05 Å². The van der Waals surface area contributed by atoms with E-state index in [-0.39, 0.29) is 18.5 Å². The fourth-order valence-corrected chi connectivity index (χ4v) is 4.20. The molecule has 0 saturated heterocycles. The minimum absolute atomic E-state index is 0.0268. The van der Waals surface area contributed by atoms with Crippen LogP contribution in [0.5, 0.6) is 0 Å². The van der Waals surface area contributed by atoms with Gasteiger partial charge in [0.1, 0.15) is 0 Å². The van der Waals surface area contributed by atoms with Crippen LogP contribution in [0.25, 0.3) is 0 Å². The Balaban J connectivity index is 2.72. The molecule has 1 fully saturated rings. The Morgan fingerprint density at radius 1 is 1.35 bits per heavy atom. The summed E-state index contributed by atoms with van der Waals surface area (Å²) in [5.41, 5.74) is 5.52. The minimum Gasteiger partial charge on any atom is -0.378 e. The van der Waals surface area contributed by atoms with E-state index >= 15 is 0 Å². The highest BCUT2D eigenvalue weighted by Crippen LogP contribution is 2.36. The van der Waals surface area contributed by atoms with Crippen molar-refractivity contribution in [3.05, 3.63) is 0 Å². The molecule has 5 nitrogen and oxygen atoms in total. The Morgan fingerprint density at radius 2 is 1.90 bits per heavy atom. The summed E-state index contributed by atoms with van der Waals surface area (Å²) in [7, 11) is -1.64. The number of rotatable bonds is 7. The lowest BCUT2D eigenvalue weighted by Crippen LogP contribution is -2.56. The van der Waals surface area contributed by atoms with Crippen molar-refractivity contribution in [1.82, 2.24) is 4.31 Å². The molecule has 0 aromatic carbocycles. The zero-order valence-corrected chi connectivity index (χ0v) is 14.1. The van der Waals surface area contributed by atoms with Crippen LogP contribution >= 0.6 is 0 Å². The first-order valence-corrected chi connectivity index (χ1v) is 9.13. The number of nitrogens with zero attached hydrogens (tertiary/aromatic N) is 1. The van der Waals surface area contributed by atoms with E-state index in [4.69, 9.17) is 10.5 Å². The quantitative estimate of drug-likeness (QED) is 0.775. The summed E-state index contributed by atoms with van der Waals surface area (Å²) in [6.45, 7) is 6.65. The SMILES string of the molecule is CC1CCC(CN)(N(C)S(=O)(=O)CCOC(C)C)CC1. The molecular weight excluding hydrogens is 276 g/mol. The van der Waals surface area contributed by atoms with Gasteiger partial charge in [0.15, 0.2) is 0 Å². The van der Waals surface area contributed by atoms with E-state index in [9.17, 15) is 8.42 Å². The molecule has 1 rings (SSSR count). The van der Waals surface area contributed by atoms with E-state index in [1.807, 2.05) is 13.8 Å². The number of likely N-dealkylation sites (N-methyl/N-ethyl adjacent to an activating group) is 1. The largest absolute Gasteiger partial charge is 0.378 e. The number of sulfonamides is 1. The Bertz CT molecular complexity index is 387. The van der Waals surface area contributed by atoms with Gasteiger partial charge in [-0.25, -0.2) is 8.42 Å². The molecule has 1 aliphatic rings. The van der Waals surface area contributed by atoms with Gasteiger partial charge in [-0.3, -0.25) is 0 Å². The predicted molar refractivity (Wildman–Crippen MR) is 82.1 cm³/mol. The zero-order chi connectivity index (χ0) is 15.4. The van der Waals surface area contributed by atoms with Crippen LogP contribution in [-0.4, -0.2) is 50.3 Å². The van der Waals surface area contributed by atoms with Crippen molar-refractivity contribution in [1.29, 1.82) is 0 Å². The van der Waals surface area contributed by atoms with Gasteiger partial charge < -0.3 is 10.5 Å². The van der Waals surface area contributed by atoms with Crippen LogP contribution in [0.3, 0.4) is 0 Å². The van der Waals surface area contributed by atoms with Crippen LogP contribution in [0.2, 0.25) is 0 Å². The summed E-state index contributed by atoms with van der Waals surface area (Å²) < 4.78 is 31.8. The third kappa shape index (κ3) is 4.41. The topological polar surface area (TPSA) is 72.6 Å². The first-order valence-electron chi connectivity index (χ1n) is 7.52. The van der Waals surface area contributed by atoms with Crippen LogP contribution in [0, 0.1) is 5.92 Å². The summed E-state index contributed by atoms with van der Waals surface area (Å²) in [4.78, 5) is 0. The second kappa shape index (κ2) is 7.20. The average Bonchev–Trinajstić information content (AvgIpc) is 2.38. The van der Waals surface area contributed by atoms with E-state index in [2.05, 4.69) is 6.92 Å². The minimum atomic E-state index is -3.32. The Morgan fingerprint density at radius 3 is 2.35 bits per heavy atom. The summed E-state index contributed by atoms with van der Waals surface area (Å²) in [6.07, 6.45) is 3.84. The first-order chi connectivity index (χ1) is 9.23. The Kier molecular flexibility index (Phi) is 6.44. The lowest BCUT2D eigenvalue weighted by molar-refractivity contribution is 0.0888. The molecule has 20 heavy (non-hydrogen) atoms. The molecule has 6 heteroatoms. The molecule has 0 amide bonds. The van der Waals surface area contributed by atoms with E-state index < -0.39 is 15.6 Å². The molecule has 0 spiro atoms. The lowest BCUT2D eigenvalue weighted by atomic mass is 9.77. The Labute approximate surface area is 123 Å². The van der Waals surface area contributed by atoms with Gasteiger partial charge in [-0.05, 0) is 45.4 Å². The molecule has 0 aromatic heterocycles. The van der Waals surface area contributed by atoms with Crippen LogP contribution in [0.1, 0.15) is 46.5 Å². The van der Waals surface area contributed by atoms with Crippen molar-refractivity contribution >= 4 is 10.0 Å². The third-order valence-electron chi connectivity index (χ3n) is 4.46. The summed E-state index contributed by atoms with van der Waals surface area (Å²) >= 11 is 0. The molecule has 0 radical (unpaired) electrons. The van der Waals surface area contributed by atoms with Crippen molar-refractivity contribution in [2.45, 2.75) is 58.1 Å². The fourth-order valence-electron chi connectivity index (χ4n) is 2.77. The second-order valence-electron chi connectivity index (χ2n) is 6.31. The van der Waals surface area contributed by atoms with Crippen molar-refractivity contribution < 1.29 is 13.2 Å². The summed E-state index contributed by atoms with van der Waals surface area (Å²) in [6, 6.07) is 0. The molecule has 0 atom stereocenters. The molecule has 0 aliphatic heterocycles. The van der Waals surface area contributed by atoms with E-state index in [0.717, 1.165) is 25.7 Å². The van der Waals surface area contributed by atoms with Crippen LogP contribution in [0.15, 0.2) is 0 Å². The van der Waals surface area contributed by atoms with Gasteiger partial charge in [-0.15, -0.1) is 0 Å². The normalized spacial score (nSPS) is 28.2. The number of ether oxygens (including phenoxy) is 1. The Hall–Kier alpha value is -0.170. The fraction of sp³-hybridized carbons (Fsp3) is 1.00.